The van der Waals surface area contributed by atoms with Crippen molar-refractivity contribution in [2.24, 2.45) is 0 Å². The Balaban J connectivity index is 1.52. The SMILES string of the molecule is [2H]c1c([2H])c([2H])c2c(c1[2H])Oc1c([2H])c(-c3c([2H])c([2H])c([2H])c([2H])c3-n3c4c([2H])c([2H])c([2H])c([2H])c4c4c([2H])c([2H])c([2H])c([2H])c43)c([2H])c3c1B2c1c([2H])c([2H])c([2H])c(C)c1O3. The molecular weight excluding hydrogens is 501 g/mol. The third-order valence-corrected chi connectivity index (χ3v) is 7.13. The lowest BCUT2D eigenvalue weighted by atomic mass is 9.34. The second-order valence-corrected chi connectivity index (χ2v) is 9.33. The number of benzene rings is 6. The Hall–Kier alpha value is -5.22. The molecule has 0 spiro atoms. The number of nitrogens with zero attached hydrogens (tertiary/aromatic N) is 1. The van der Waals surface area contributed by atoms with Gasteiger partial charge in [-0.05, 0) is 65.2 Å². The lowest BCUT2D eigenvalue weighted by Gasteiger charge is -2.34. The van der Waals surface area contributed by atoms with E-state index in [-0.39, 0.29) is 27.7 Å². The molecule has 0 bridgehead atoms. The fourth-order valence-corrected chi connectivity index (χ4v) is 5.42. The molecule has 1 aromatic heterocycles. The van der Waals surface area contributed by atoms with Crippen molar-refractivity contribution >= 4 is 44.9 Å². The highest BCUT2D eigenvalue weighted by Crippen LogP contribution is 2.41. The Labute approximate surface area is 267 Å². The van der Waals surface area contributed by atoms with Crippen molar-refractivity contribution in [3.8, 4) is 39.8 Å². The summed E-state index contributed by atoms with van der Waals surface area (Å²) in [5.74, 6) is -1.76. The first-order valence-electron chi connectivity index (χ1n) is 22.9. The third-order valence-electron chi connectivity index (χ3n) is 7.13. The maximum absolute atomic E-state index is 9.74. The molecule has 4 heteroatoms. The largest absolute Gasteiger partial charge is 0.458 e. The van der Waals surface area contributed by atoms with Crippen LogP contribution in [0.3, 0.4) is 0 Å². The van der Waals surface area contributed by atoms with Crippen LogP contribution in [0.2, 0.25) is 0 Å². The minimum Gasteiger partial charge on any atom is -0.458 e. The Bertz CT molecular complexity index is 3170. The second kappa shape index (κ2) is 8.39. The van der Waals surface area contributed by atoms with Crippen LogP contribution in [0.4, 0.5) is 0 Å². The monoisotopic (exact) mass is 546 g/mol. The number of aromatic nitrogens is 1. The van der Waals surface area contributed by atoms with Crippen LogP contribution in [0.1, 0.15) is 34.3 Å². The molecule has 2 aliphatic heterocycles. The zero-order chi connectivity index (χ0) is 45.4. The molecule has 0 radical (unpaired) electrons. The van der Waals surface area contributed by atoms with Crippen LogP contribution >= 0.6 is 0 Å². The summed E-state index contributed by atoms with van der Waals surface area (Å²) in [5, 5.41) is -0.847. The van der Waals surface area contributed by atoms with Gasteiger partial charge in [-0.25, -0.2) is 0 Å². The van der Waals surface area contributed by atoms with Crippen molar-refractivity contribution in [1.29, 1.82) is 0 Å². The van der Waals surface area contributed by atoms with E-state index in [2.05, 4.69) is 0 Å². The van der Waals surface area contributed by atoms with Gasteiger partial charge in [0.15, 0.2) is 0 Å². The van der Waals surface area contributed by atoms with E-state index in [0.29, 0.717) is 0 Å². The van der Waals surface area contributed by atoms with Crippen molar-refractivity contribution in [3.63, 3.8) is 0 Å². The average Bonchev–Trinajstić information content (AvgIpc) is 3.61. The molecule has 3 nitrogen and oxygen atoms in total. The Kier molecular flexibility index (Phi) is 2.11. The van der Waals surface area contributed by atoms with E-state index < -0.39 is 189 Å². The summed E-state index contributed by atoms with van der Waals surface area (Å²) in [5.41, 5.74) is -3.70. The van der Waals surface area contributed by atoms with E-state index in [4.69, 9.17) is 32.8 Å². The summed E-state index contributed by atoms with van der Waals surface area (Å²) in [7, 11) is 0. The van der Waals surface area contributed by atoms with Crippen molar-refractivity contribution in [1.82, 2.24) is 4.57 Å². The van der Waals surface area contributed by atoms with E-state index in [1.54, 1.807) is 0 Å². The van der Waals surface area contributed by atoms with Crippen molar-refractivity contribution in [3.05, 3.63) is 132 Å². The normalized spacial score (nSPS) is 20.0. The van der Waals surface area contributed by atoms with Gasteiger partial charge in [-0.3, -0.25) is 0 Å². The highest BCUT2D eigenvalue weighted by atomic mass is 16.5. The van der Waals surface area contributed by atoms with Gasteiger partial charge in [0.2, 0.25) is 0 Å². The molecule has 0 aliphatic carbocycles. The number of ether oxygens (including phenoxy) is 2. The average molecular weight is 547 g/mol. The number of rotatable bonds is 2. The number of hydrogen-bond donors (Lipinski definition) is 0. The number of hydrogen-bond acceptors (Lipinski definition) is 2. The molecule has 41 heavy (non-hydrogen) atoms. The molecule has 0 fully saturated rings. The Morgan fingerprint density at radius 2 is 1.24 bits per heavy atom. The van der Waals surface area contributed by atoms with Gasteiger partial charge in [-0.15, -0.1) is 0 Å². The fraction of sp³-hybridized carbons (Fsp3) is 0.0270. The number of para-hydroxylation sites is 5. The lowest BCUT2D eigenvalue weighted by molar-refractivity contribution is 0.463. The second-order valence-electron chi connectivity index (χ2n) is 9.33. The molecule has 0 saturated carbocycles. The van der Waals surface area contributed by atoms with Crippen LogP contribution in [-0.4, -0.2) is 11.3 Å². The minimum absolute atomic E-state index is 0.00570. The van der Waals surface area contributed by atoms with Gasteiger partial charge in [-0.1, -0.05) is 90.6 Å². The zero-order valence-corrected chi connectivity index (χ0v) is 20.8. The van der Waals surface area contributed by atoms with Gasteiger partial charge in [0.25, 0.3) is 6.71 Å². The van der Waals surface area contributed by atoms with Crippen molar-refractivity contribution in [2.45, 2.75) is 6.92 Å². The van der Waals surface area contributed by atoms with Crippen LogP contribution in [0.25, 0.3) is 38.6 Å². The molecular formula is C37H24BNO2. The van der Waals surface area contributed by atoms with Gasteiger partial charge < -0.3 is 14.0 Å². The van der Waals surface area contributed by atoms with Gasteiger partial charge in [-0.2, -0.15) is 0 Å². The molecule has 0 atom stereocenters. The molecule has 3 heterocycles. The summed E-state index contributed by atoms with van der Waals surface area (Å²) in [6, 6.07) is -15.8. The Morgan fingerprint density at radius 3 is 2.05 bits per heavy atom. The van der Waals surface area contributed by atoms with Crippen molar-refractivity contribution < 1.29 is 38.3 Å². The maximum atomic E-state index is 9.74. The molecule has 6 aromatic carbocycles. The zero-order valence-electron chi connectivity index (χ0n) is 41.8. The van der Waals surface area contributed by atoms with Crippen molar-refractivity contribution in [2.75, 3.05) is 0 Å². The molecule has 0 N–H and O–H groups in total. The summed E-state index contributed by atoms with van der Waals surface area (Å²) in [6.07, 6.45) is 0. The van der Waals surface area contributed by atoms with Gasteiger partial charge in [0, 0.05) is 21.8 Å². The highest BCUT2D eigenvalue weighted by Gasteiger charge is 2.40. The molecule has 192 valence electrons. The van der Waals surface area contributed by atoms with E-state index in [9.17, 15) is 5.48 Å². The molecule has 7 aromatic rings. The van der Waals surface area contributed by atoms with Crippen LogP contribution in [-0.2, 0) is 0 Å². The third kappa shape index (κ3) is 3.16. The minimum atomic E-state index is -1.47. The number of fused-ring (bicyclic) bond motifs is 7. The van der Waals surface area contributed by atoms with Gasteiger partial charge >= 0.3 is 0 Å². The predicted molar refractivity (Wildman–Crippen MR) is 169 cm³/mol. The summed E-state index contributed by atoms with van der Waals surface area (Å²) in [6.45, 7) is -0.0771. The quantitative estimate of drug-likeness (QED) is 0.210. The standard InChI is InChI=1S/C37H24BNO2/c1-23-11-10-16-29-37(23)41-35-22-24(21-34-36(35)38(29)28-15-5-9-20-33(28)40-34)25-12-2-6-17-30(25)39-31-18-7-3-13-26(31)27-14-4-8-19-32(27)39/h2-22H,1H3/i2D,3D,4D,5D,6D,7D,8D,9D,10D,11D,12D,13D,14D,15D,16D,17D,18D,19D,20D,21D,22D. The van der Waals surface area contributed by atoms with E-state index >= 15 is 0 Å². The van der Waals surface area contributed by atoms with E-state index in [1.165, 1.54) is 6.92 Å². The first-order valence-corrected chi connectivity index (χ1v) is 12.4. The lowest BCUT2D eigenvalue weighted by Crippen LogP contribution is -2.57. The first-order chi connectivity index (χ1) is 29.0. The van der Waals surface area contributed by atoms with Crippen LogP contribution in [0.5, 0.6) is 23.0 Å². The molecule has 2 aliphatic rings. The Morgan fingerprint density at radius 1 is 0.610 bits per heavy atom. The molecule has 0 amide bonds. The molecule has 0 saturated heterocycles. The van der Waals surface area contributed by atoms with Crippen LogP contribution in [0, 0.1) is 6.92 Å². The summed E-state index contributed by atoms with van der Waals surface area (Å²) in [4.78, 5) is 0. The van der Waals surface area contributed by atoms with Gasteiger partial charge in [0.1, 0.15) is 23.0 Å². The fourth-order valence-electron chi connectivity index (χ4n) is 5.42. The predicted octanol–water partition coefficient (Wildman–Crippen LogP) is 7.49. The topological polar surface area (TPSA) is 23.4 Å². The molecule has 0 unspecified atom stereocenters. The smallest absolute Gasteiger partial charge is 0.260 e. The van der Waals surface area contributed by atoms with Gasteiger partial charge in [0.05, 0.1) is 45.5 Å². The molecule has 9 rings (SSSR count). The van der Waals surface area contributed by atoms with Crippen LogP contribution in [0.15, 0.2) is 127 Å². The highest BCUT2D eigenvalue weighted by molar-refractivity contribution is 6.98. The summed E-state index contributed by atoms with van der Waals surface area (Å²) < 4.78 is 200. The first kappa shape index (κ1) is 10.3. The summed E-state index contributed by atoms with van der Waals surface area (Å²) >= 11 is 0. The van der Waals surface area contributed by atoms with Crippen LogP contribution < -0.4 is 25.9 Å². The van der Waals surface area contributed by atoms with E-state index in [1.807, 2.05) is 0 Å². The van der Waals surface area contributed by atoms with E-state index in [0.717, 1.165) is 4.57 Å². The maximum Gasteiger partial charge on any atom is 0.260 e.